The molecular weight excluding hydrogens is 90.1 g/mol. The highest BCUT2D eigenvalue weighted by Crippen LogP contribution is 1.57. The Balaban J connectivity index is 3.02. The number of rotatable bonds is 0. The summed E-state index contributed by atoms with van der Waals surface area (Å²) in [5.74, 6) is 0. The lowest BCUT2D eigenvalue weighted by Crippen LogP contribution is -2.31. The van der Waals surface area contributed by atoms with Crippen LogP contribution in [0.5, 0.6) is 0 Å². The topological polar surface area (TPSA) is 29.7 Å². The van der Waals surface area contributed by atoms with E-state index in [9.17, 15) is 0 Å². The van der Waals surface area contributed by atoms with Crippen LogP contribution < -0.4 is 4.68 Å². The molecule has 3 nitrogen and oxygen atoms in total. The molecule has 0 aromatic carbocycles. The summed E-state index contributed by atoms with van der Waals surface area (Å²) in [5, 5.41) is 3.83. The smallest absolute Gasteiger partial charge is 0.140 e. The molecule has 0 saturated heterocycles. The van der Waals surface area contributed by atoms with Crippen LogP contribution in [0.15, 0.2) is 18.7 Å². The SMILES string of the molecule is C[n+]1cnccn1. The van der Waals surface area contributed by atoms with Gasteiger partial charge in [0, 0.05) is 0 Å². The third-order valence-electron chi connectivity index (χ3n) is 0.635. The van der Waals surface area contributed by atoms with E-state index in [2.05, 4.69) is 10.1 Å². The van der Waals surface area contributed by atoms with E-state index >= 15 is 0 Å². The zero-order valence-electron chi connectivity index (χ0n) is 4.07. The van der Waals surface area contributed by atoms with Crippen molar-refractivity contribution >= 4 is 0 Å². The molecule has 0 unspecified atom stereocenters. The molecule has 0 radical (unpaired) electrons. The number of hydrogen-bond donors (Lipinski definition) is 0. The first-order chi connectivity index (χ1) is 3.39. The van der Waals surface area contributed by atoms with E-state index in [1.54, 1.807) is 23.4 Å². The van der Waals surface area contributed by atoms with Gasteiger partial charge in [-0.05, 0) is 0 Å². The molecule has 0 amide bonds. The molecule has 0 aliphatic heterocycles. The monoisotopic (exact) mass is 96.1 g/mol. The molecule has 0 aliphatic carbocycles. The minimum Gasteiger partial charge on any atom is -0.140 e. The van der Waals surface area contributed by atoms with Gasteiger partial charge in [0.2, 0.25) is 0 Å². The fourth-order valence-electron chi connectivity index (χ4n) is 0.338. The van der Waals surface area contributed by atoms with Crippen LogP contribution in [0, 0.1) is 0 Å². The summed E-state index contributed by atoms with van der Waals surface area (Å²) >= 11 is 0. The summed E-state index contributed by atoms with van der Waals surface area (Å²) < 4.78 is 1.64. The van der Waals surface area contributed by atoms with Crippen molar-refractivity contribution in [3.8, 4) is 0 Å². The molecule has 1 aromatic rings. The predicted molar refractivity (Wildman–Crippen MR) is 23.2 cm³/mol. The maximum Gasteiger partial charge on any atom is 0.306 e. The van der Waals surface area contributed by atoms with Crippen molar-refractivity contribution in [1.29, 1.82) is 0 Å². The van der Waals surface area contributed by atoms with Gasteiger partial charge in [0.05, 0.1) is 0 Å². The van der Waals surface area contributed by atoms with E-state index in [1.165, 1.54) is 0 Å². The highest BCUT2D eigenvalue weighted by atomic mass is 15.3. The minimum atomic E-state index is 1.64. The van der Waals surface area contributed by atoms with Gasteiger partial charge in [0.15, 0.2) is 6.20 Å². The second-order valence-corrected chi connectivity index (χ2v) is 1.25. The van der Waals surface area contributed by atoms with Crippen molar-refractivity contribution in [3.63, 3.8) is 0 Å². The first-order valence-corrected chi connectivity index (χ1v) is 2.01. The summed E-state index contributed by atoms with van der Waals surface area (Å²) in [6.07, 6.45) is 4.92. The number of aromatic nitrogens is 3. The average molecular weight is 96.1 g/mol. The van der Waals surface area contributed by atoms with E-state index < -0.39 is 0 Å². The largest absolute Gasteiger partial charge is 0.306 e. The van der Waals surface area contributed by atoms with Crippen LogP contribution in [0.2, 0.25) is 0 Å². The van der Waals surface area contributed by atoms with Crippen LogP contribution in [0.1, 0.15) is 0 Å². The summed E-state index contributed by atoms with van der Waals surface area (Å²) in [6, 6.07) is 0. The molecule has 0 fully saturated rings. The summed E-state index contributed by atoms with van der Waals surface area (Å²) in [5.41, 5.74) is 0. The predicted octanol–water partition coefficient (Wildman–Crippen LogP) is -0.699. The van der Waals surface area contributed by atoms with Gasteiger partial charge < -0.3 is 0 Å². The Morgan fingerprint density at radius 1 is 1.43 bits per heavy atom. The third-order valence-corrected chi connectivity index (χ3v) is 0.635. The van der Waals surface area contributed by atoms with Crippen molar-refractivity contribution in [3.05, 3.63) is 18.7 Å². The van der Waals surface area contributed by atoms with E-state index in [-0.39, 0.29) is 0 Å². The Labute approximate surface area is 41.6 Å². The van der Waals surface area contributed by atoms with Gasteiger partial charge in [0.1, 0.15) is 13.2 Å². The van der Waals surface area contributed by atoms with E-state index in [1.807, 2.05) is 7.05 Å². The molecule has 1 aromatic heterocycles. The molecule has 36 valence electrons. The van der Waals surface area contributed by atoms with Crippen molar-refractivity contribution in [1.82, 2.24) is 10.1 Å². The molecule has 0 N–H and O–H groups in total. The van der Waals surface area contributed by atoms with Crippen LogP contribution in [-0.2, 0) is 7.05 Å². The Morgan fingerprint density at radius 3 is 2.57 bits per heavy atom. The Bertz CT molecular complexity index is 137. The Kier molecular flexibility index (Phi) is 0.978. The molecule has 3 heteroatoms. The Hall–Kier alpha value is -0.990. The zero-order valence-corrected chi connectivity index (χ0v) is 4.07. The van der Waals surface area contributed by atoms with Crippen LogP contribution in [0.25, 0.3) is 0 Å². The fraction of sp³-hybridized carbons (Fsp3) is 0.250. The highest BCUT2D eigenvalue weighted by molar-refractivity contribution is 4.55. The van der Waals surface area contributed by atoms with Crippen molar-refractivity contribution < 1.29 is 4.68 Å². The second kappa shape index (κ2) is 1.64. The lowest BCUT2D eigenvalue weighted by Gasteiger charge is -1.76. The lowest BCUT2D eigenvalue weighted by molar-refractivity contribution is -0.733. The van der Waals surface area contributed by atoms with Crippen molar-refractivity contribution in [2.45, 2.75) is 0 Å². The number of hydrogen-bond acceptors (Lipinski definition) is 2. The summed E-state index contributed by atoms with van der Waals surface area (Å²) in [6.45, 7) is 0. The number of aryl methyl sites for hydroxylation is 1. The molecule has 0 spiro atoms. The Morgan fingerprint density at radius 2 is 2.29 bits per heavy atom. The van der Waals surface area contributed by atoms with Gasteiger partial charge >= 0.3 is 6.33 Å². The zero-order chi connectivity index (χ0) is 5.11. The maximum atomic E-state index is 3.83. The van der Waals surface area contributed by atoms with E-state index in [0.717, 1.165) is 0 Å². The average Bonchev–Trinajstić information content (AvgIpc) is 1.69. The lowest BCUT2D eigenvalue weighted by atomic mass is 10.9. The van der Waals surface area contributed by atoms with Gasteiger partial charge in [-0.15, -0.1) is 4.68 Å². The molecule has 0 atom stereocenters. The molecule has 1 heterocycles. The molecular formula is C4H6N3+. The standard InChI is InChI=1S/C4H6N3/c1-7-4-5-2-3-6-7/h2-4H,1H3/q+1. The maximum absolute atomic E-state index is 3.83. The van der Waals surface area contributed by atoms with Crippen molar-refractivity contribution in [2.75, 3.05) is 0 Å². The van der Waals surface area contributed by atoms with Crippen LogP contribution in [-0.4, -0.2) is 10.1 Å². The van der Waals surface area contributed by atoms with E-state index in [0.29, 0.717) is 0 Å². The van der Waals surface area contributed by atoms with Crippen LogP contribution in [0.4, 0.5) is 0 Å². The van der Waals surface area contributed by atoms with E-state index in [4.69, 9.17) is 0 Å². The number of nitrogens with zero attached hydrogens (tertiary/aromatic N) is 3. The van der Waals surface area contributed by atoms with Gasteiger partial charge in [0.25, 0.3) is 0 Å². The van der Waals surface area contributed by atoms with Crippen LogP contribution in [0.3, 0.4) is 0 Å². The third kappa shape index (κ3) is 0.924. The first-order valence-electron chi connectivity index (χ1n) is 2.01. The minimum absolute atomic E-state index is 1.64. The second-order valence-electron chi connectivity index (χ2n) is 1.25. The first kappa shape index (κ1) is 4.18. The van der Waals surface area contributed by atoms with Gasteiger partial charge in [-0.1, -0.05) is 10.1 Å². The molecule has 0 saturated carbocycles. The molecule has 7 heavy (non-hydrogen) atoms. The molecule has 0 aliphatic rings. The quantitative estimate of drug-likeness (QED) is 0.400. The van der Waals surface area contributed by atoms with Crippen molar-refractivity contribution in [2.24, 2.45) is 7.05 Å². The summed E-state index contributed by atoms with van der Waals surface area (Å²) in [4.78, 5) is 3.78. The fourth-order valence-corrected chi connectivity index (χ4v) is 0.338. The molecule has 0 bridgehead atoms. The molecule has 1 rings (SSSR count). The van der Waals surface area contributed by atoms with Gasteiger partial charge in [-0.25, -0.2) is 0 Å². The summed E-state index contributed by atoms with van der Waals surface area (Å²) in [7, 11) is 1.83. The van der Waals surface area contributed by atoms with Gasteiger partial charge in [-0.3, -0.25) is 0 Å². The normalized spacial score (nSPS) is 8.71. The van der Waals surface area contributed by atoms with Crippen LogP contribution >= 0.6 is 0 Å². The highest BCUT2D eigenvalue weighted by Gasteiger charge is 1.81. The van der Waals surface area contributed by atoms with Gasteiger partial charge in [-0.2, -0.15) is 0 Å².